The van der Waals surface area contributed by atoms with Gasteiger partial charge in [-0.25, -0.2) is 13.1 Å². The number of amides is 1. The quantitative estimate of drug-likeness (QED) is 0.464. The van der Waals surface area contributed by atoms with Crippen LogP contribution in [0.4, 0.5) is 26.3 Å². The van der Waals surface area contributed by atoms with Gasteiger partial charge in [0.2, 0.25) is 9.81 Å². The first-order valence-electron chi connectivity index (χ1n) is 9.38. The molecular formula is C20H15F6N3O3S2. The smallest absolute Gasteiger partial charge is 0.267 e. The van der Waals surface area contributed by atoms with Gasteiger partial charge in [0.1, 0.15) is 0 Å². The number of aromatic nitrogens is 2. The first-order chi connectivity index (χ1) is 15.6. The SMILES string of the molecule is CCS(=O)(=O)c1cc(-c2ccc(C(F)(F)F)cc2)ccc1C(=O)N=c1sc(C(F)(F)F)nn1C. The van der Waals surface area contributed by atoms with E-state index >= 15 is 0 Å². The van der Waals surface area contributed by atoms with E-state index in [9.17, 15) is 39.6 Å². The van der Waals surface area contributed by atoms with Gasteiger partial charge in [-0.3, -0.25) is 4.79 Å². The van der Waals surface area contributed by atoms with Gasteiger partial charge >= 0.3 is 12.4 Å². The molecule has 0 saturated carbocycles. The van der Waals surface area contributed by atoms with Crippen LogP contribution in [0.2, 0.25) is 0 Å². The van der Waals surface area contributed by atoms with Crippen LogP contribution in [-0.2, 0) is 29.2 Å². The lowest BCUT2D eigenvalue weighted by atomic mass is 10.0. The zero-order valence-corrected chi connectivity index (χ0v) is 19.0. The molecule has 14 heteroatoms. The van der Waals surface area contributed by atoms with Crippen molar-refractivity contribution in [3.8, 4) is 11.1 Å². The third kappa shape index (κ3) is 5.38. The van der Waals surface area contributed by atoms with E-state index in [0.29, 0.717) is 0 Å². The first kappa shape index (κ1) is 25.6. The summed E-state index contributed by atoms with van der Waals surface area (Å²) in [4.78, 5) is 15.5. The highest BCUT2D eigenvalue weighted by Gasteiger charge is 2.35. The van der Waals surface area contributed by atoms with Gasteiger partial charge in [0.25, 0.3) is 5.91 Å². The van der Waals surface area contributed by atoms with Crippen molar-refractivity contribution in [2.75, 3.05) is 5.75 Å². The molecule has 0 atom stereocenters. The molecule has 6 nitrogen and oxygen atoms in total. The highest BCUT2D eigenvalue weighted by Crippen LogP contribution is 2.32. The zero-order chi connectivity index (χ0) is 25.5. The maximum Gasteiger partial charge on any atom is 0.445 e. The summed E-state index contributed by atoms with van der Waals surface area (Å²) in [6.45, 7) is 1.32. The van der Waals surface area contributed by atoms with E-state index in [0.717, 1.165) is 48.1 Å². The summed E-state index contributed by atoms with van der Waals surface area (Å²) in [6, 6.07) is 7.53. The van der Waals surface area contributed by atoms with Crippen LogP contribution in [0.5, 0.6) is 0 Å². The van der Waals surface area contributed by atoms with Crippen molar-refractivity contribution in [3.63, 3.8) is 0 Å². The number of sulfone groups is 1. The van der Waals surface area contributed by atoms with Crippen LogP contribution in [0.3, 0.4) is 0 Å². The Balaban J connectivity index is 2.10. The molecular weight excluding hydrogens is 508 g/mol. The van der Waals surface area contributed by atoms with E-state index in [-0.39, 0.29) is 28.0 Å². The van der Waals surface area contributed by atoms with Crippen LogP contribution in [-0.4, -0.2) is 29.9 Å². The summed E-state index contributed by atoms with van der Waals surface area (Å²) in [5.74, 6) is -1.52. The molecule has 0 saturated heterocycles. The van der Waals surface area contributed by atoms with Gasteiger partial charge in [-0.2, -0.15) is 36.4 Å². The van der Waals surface area contributed by atoms with Crippen molar-refractivity contribution in [2.24, 2.45) is 12.0 Å². The summed E-state index contributed by atoms with van der Waals surface area (Å²) in [5.41, 5.74) is -0.793. The molecule has 0 aliphatic heterocycles. The molecule has 1 heterocycles. The van der Waals surface area contributed by atoms with Crippen LogP contribution < -0.4 is 4.80 Å². The van der Waals surface area contributed by atoms with Gasteiger partial charge in [-0.15, -0.1) is 0 Å². The maximum absolute atomic E-state index is 12.9. The summed E-state index contributed by atoms with van der Waals surface area (Å²) >= 11 is 0.110. The van der Waals surface area contributed by atoms with Crippen LogP contribution in [0.15, 0.2) is 52.4 Å². The molecule has 182 valence electrons. The lowest BCUT2D eigenvalue weighted by Gasteiger charge is -2.11. The molecule has 3 aromatic rings. The van der Waals surface area contributed by atoms with Crippen molar-refractivity contribution in [3.05, 3.63) is 63.4 Å². The van der Waals surface area contributed by atoms with Gasteiger partial charge < -0.3 is 0 Å². The third-order valence-corrected chi connectivity index (χ3v) is 7.43. The fourth-order valence-corrected chi connectivity index (χ4v) is 4.71. The average Bonchev–Trinajstić information content (AvgIpc) is 3.13. The molecule has 1 amide bonds. The Bertz CT molecular complexity index is 1400. The minimum absolute atomic E-state index is 0.110. The van der Waals surface area contributed by atoms with Crippen molar-refractivity contribution < 1.29 is 39.6 Å². The predicted molar refractivity (Wildman–Crippen MR) is 111 cm³/mol. The molecule has 0 N–H and O–H groups in total. The van der Waals surface area contributed by atoms with E-state index < -0.39 is 54.1 Å². The number of hydrogen-bond donors (Lipinski definition) is 0. The summed E-state index contributed by atoms with van der Waals surface area (Å²) < 4.78 is 103. The molecule has 0 radical (unpaired) electrons. The van der Waals surface area contributed by atoms with Gasteiger partial charge in [0.15, 0.2) is 9.84 Å². The lowest BCUT2D eigenvalue weighted by molar-refractivity contribution is -0.138. The van der Waals surface area contributed by atoms with Crippen molar-refractivity contribution >= 4 is 27.1 Å². The highest BCUT2D eigenvalue weighted by atomic mass is 32.2. The van der Waals surface area contributed by atoms with E-state index in [2.05, 4.69) is 10.1 Å². The van der Waals surface area contributed by atoms with Crippen LogP contribution >= 0.6 is 11.3 Å². The summed E-state index contributed by atoms with van der Waals surface area (Å²) in [5, 5.41) is 2.02. The second-order valence-corrected chi connectivity index (χ2v) is 10.1. The number of halogens is 6. The van der Waals surface area contributed by atoms with Gasteiger partial charge in [-0.1, -0.05) is 36.5 Å². The number of hydrogen-bond acceptors (Lipinski definition) is 5. The standard InChI is InChI=1S/C20H15F6N3O3S2/c1-3-34(31,32)15-10-12(11-4-7-13(8-5-11)19(21,22)23)6-9-14(15)16(30)27-18-29(2)28-17(33-18)20(24,25)26/h4-10H,3H2,1-2H3. The van der Waals surface area contributed by atoms with E-state index in [1.54, 1.807) is 0 Å². The van der Waals surface area contributed by atoms with Crippen molar-refractivity contribution in [1.29, 1.82) is 0 Å². The lowest BCUT2D eigenvalue weighted by Crippen LogP contribution is -2.16. The number of alkyl halides is 6. The first-order valence-corrected chi connectivity index (χ1v) is 11.8. The Labute approximate surface area is 193 Å². The number of carbonyl (C=O) groups excluding carboxylic acids is 1. The molecule has 0 spiro atoms. The van der Waals surface area contributed by atoms with Gasteiger partial charge in [0.05, 0.1) is 21.8 Å². The van der Waals surface area contributed by atoms with Crippen molar-refractivity contribution in [2.45, 2.75) is 24.2 Å². The molecule has 0 unspecified atom stereocenters. The van der Waals surface area contributed by atoms with Crippen LogP contribution in [0.25, 0.3) is 11.1 Å². The minimum atomic E-state index is -4.75. The number of rotatable bonds is 4. The molecule has 0 bridgehead atoms. The number of benzene rings is 2. The molecule has 34 heavy (non-hydrogen) atoms. The topological polar surface area (TPSA) is 81.4 Å². The fraction of sp³-hybridized carbons (Fsp3) is 0.250. The van der Waals surface area contributed by atoms with Gasteiger partial charge in [0, 0.05) is 7.05 Å². The third-order valence-electron chi connectivity index (χ3n) is 4.62. The Morgan fingerprint density at radius 3 is 2.09 bits per heavy atom. The number of nitrogens with zero attached hydrogens (tertiary/aromatic N) is 3. The Morgan fingerprint density at radius 2 is 1.59 bits per heavy atom. The zero-order valence-electron chi connectivity index (χ0n) is 17.4. The number of carbonyl (C=O) groups is 1. The Hall–Kier alpha value is -3.00. The minimum Gasteiger partial charge on any atom is -0.267 e. The Morgan fingerprint density at radius 1 is 1.00 bits per heavy atom. The summed E-state index contributed by atoms with van der Waals surface area (Å²) in [6.07, 6.45) is -9.30. The second-order valence-electron chi connectivity index (χ2n) is 6.92. The molecule has 0 fully saturated rings. The molecule has 2 aromatic carbocycles. The largest absolute Gasteiger partial charge is 0.445 e. The fourth-order valence-electron chi connectivity index (χ4n) is 2.85. The Kier molecular flexibility index (Phi) is 6.77. The van der Waals surface area contributed by atoms with Crippen molar-refractivity contribution in [1.82, 2.24) is 9.78 Å². The maximum atomic E-state index is 12.9. The van der Waals surface area contributed by atoms with Gasteiger partial charge in [-0.05, 0) is 35.4 Å². The predicted octanol–water partition coefficient (Wildman–Crippen LogP) is 4.72. The van der Waals surface area contributed by atoms with Crippen LogP contribution in [0.1, 0.15) is 27.9 Å². The average molecular weight is 523 g/mol. The summed E-state index contributed by atoms with van der Waals surface area (Å²) in [7, 11) is -2.87. The molecule has 3 rings (SSSR count). The molecule has 1 aromatic heterocycles. The second kappa shape index (κ2) is 8.98. The highest BCUT2D eigenvalue weighted by molar-refractivity contribution is 7.91. The number of aryl methyl sites for hydroxylation is 1. The molecule has 0 aliphatic carbocycles. The van der Waals surface area contributed by atoms with Crippen LogP contribution in [0, 0.1) is 0 Å². The monoisotopic (exact) mass is 523 g/mol. The molecule has 0 aliphatic rings. The van der Waals surface area contributed by atoms with E-state index in [1.807, 2.05) is 0 Å². The van der Waals surface area contributed by atoms with E-state index in [4.69, 9.17) is 0 Å². The normalized spacial score (nSPS) is 13.4. The van der Waals surface area contributed by atoms with E-state index in [1.165, 1.54) is 13.0 Å².